The Bertz CT molecular complexity index is 812. The third-order valence-electron chi connectivity index (χ3n) is 5.98. The Hall–Kier alpha value is -2.58. The zero-order valence-corrected chi connectivity index (χ0v) is 15.5. The van der Waals surface area contributed by atoms with Crippen LogP contribution < -0.4 is 9.22 Å². The number of quaternary nitrogens is 1. The third-order valence-corrected chi connectivity index (χ3v) is 5.98. The number of methoxy groups -OCH3 is 1. The second-order valence-electron chi connectivity index (χ2n) is 7.25. The molecule has 1 aliphatic rings. The van der Waals surface area contributed by atoms with Crippen LogP contribution in [-0.4, -0.2) is 14.2 Å². The van der Waals surface area contributed by atoms with E-state index in [1.807, 2.05) is 0 Å². The van der Waals surface area contributed by atoms with Gasteiger partial charge in [0, 0.05) is 30.0 Å². The summed E-state index contributed by atoms with van der Waals surface area (Å²) in [7, 11) is 4.15. The van der Waals surface area contributed by atoms with E-state index in [1.165, 1.54) is 16.8 Å². The quantitative estimate of drug-likeness (QED) is 0.535. The van der Waals surface area contributed by atoms with Crippen molar-refractivity contribution in [2.75, 3.05) is 14.2 Å². The molecule has 1 heterocycles. The number of nitrogens with zero attached hydrogens (tertiary/aromatic N) is 1. The number of hydrogen-bond donors (Lipinski definition) is 0. The van der Waals surface area contributed by atoms with E-state index in [2.05, 4.69) is 92.0 Å². The van der Waals surface area contributed by atoms with Crippen LogP contribution in [0.3, 0.4) is 0 Å². The van der Waals surface area contributed by atoms with Gasteiger partial charge in [0.15, 0.2) is 11.4 Å². The van der Waals surface area contributed by atoms with Gasteiger partial charge in [-0.3, -0.25) is 4.48 Å². The molecule has 4 rings (SSSR count). The van der Waals surface area contributed by atoms with Gasteiger partial charge >= 0.3 is 0 Å². The summed E-state index contributed by atoms with van der Waals surface area (Å²) in [5, 5.41) is 0. The van der Waals surface area contributed by atoms with Crippen molar-refractivity contribution in [3.63, 3.8) is 0 Å². The lowest BCUT2D eigenvalue weighted by Gasteiger charge is -2.41. The van der Waals surface area contributed by atoms with Gasteiger partial charge in [-0.05, 0) is 6.07 Å². The van der Waals surface area contributed by atoms with Crippen LogP contribution in [0.5, 0.6) is 5.75 Å². The summed E-state index contributed by atoms with van der Waals surface area (Å²) in [5.74, 6) is 0.971. The minimum absolute atomic E-state index is 0.415. The molecule has 1 saturated heterocycles. The predicted molar refractivity (Wildman–Crippen MR) is 108 cm³/mol. The highest BCUT2D eigenvalue weighted by molar-refractivity contribution is 5.58. The summed E-state index contributed by atoms with van der Waals surface area (Å²) in [6.07, 6.45) is 2.33. The van der Waals surface area contributed by atoms with Gasteiger partial charge < -0.3 is 4.74 Å². The second-order valence-corrected chi connectivity index (χ2v) is 7.25. The van der Waals surface area contributed by atoms with E-state index in [0.29, 0.717) is 12.1 Å². The van der Waals surface area contributed by atoms with E-state index in [4.69, 9.17) is 4.74 Å². The van der Waals surface area contributed by atoms with Crippen molar-refractivity contribution in [1.82, 2.24) is 4.48 Å². The topological polar surface area (TPSA) is 9.23 Å². The van der Waals surface area contributed by atoms with Gasteiger partial charge in [0.1, 0.15) is 12.1 Å². The highest BCUT2D eigenvalue weighted by Crippen LogP contribution is 2.54. The van der Waals surface area contributed by atoms with Crippen LogP contribution in [0, 0.1) is 0 Å². The fraction of sp³-hybridized carbons (Fsp3) is 0.250. The highest BCUT2D eigenvalue weighted by atomic mass is 16.5. The maximum absolute atomic E-state index is 5.78. The third kappa shape index (κ3) is 2.71. The molecule has 26 heavy (non-hydrogen) atoms. The molecule has 3 aromatic rings. The Morgan fingerprint density at radius 3 is 1.65 bits per heavy atom. The van der Waals surface area contributed by atoms with Crippen molar-refractivity contribution >= 4 is 5.69 Å². The molecular formula is C24H26NO+. The number of ether oxygens (including phenoxy) is 1. The van der Waals surface area contributed by atoms with Crippen LogP contribution in [0.2, 0.25) is 0 Å². The van der Waals surface area contributed by atoms with Gasteiger partial charge in [0.05, 0.1) is 14.2 Å². The zero-order chi connectivity index (χ0) is 18.0. The van der Waals surface area contributed by atoms with Gasteiger partial charge in [-0.1, -0.05) is 72.8 Å². The van der Waals surface area contributed by atoms with Crippen molar-refractivity contribution in [2.24, 2.45) is 0 Å². The fourth-order valence-electron chi connectivity index (χ4n) is 4.74. The Labute approximate surface area is 156 Å². The van der Waals surface area contributed by atoms with Crippen LogP contribution in [0.1, 0.15) is 36.1 Å². The molecule has 0 N–H and O–H groups in total. The van der Waals surface area contributed by atoms with Gasteiger partial charge in [0.2, 0.25) is 0 Å². The molecule has 132 valence electrons. The summed E-state index contributed by atoms with van der Waals surface area (Å²) in [6.45, 7) is 0. The number of likely N-dealkylation sites (tertiary alicyclic amines) is 1. The first-order valence-electron chi connectivity index (χ1n) is 9.34. The number of benzene rings is 3. The number of hydrogen-bond acceptors (Lipinski definition) is 1. The van der Waals surface area contributed by atoms with Crippen molar-refractivity contribution < 1.29 is 4.74 Å². The van der Waals surface area contributed by atoms with E-state index < -0.39 is 0 Å². The van der Waals surface area contributed by atoms with Crippen molar-refractivity contribution in [1.29, 1.82) is 0 Å². The summed E-state index contributed by atoms with van der Waals surface area (Å²) < 4.78 is 6.62. The fourth-order valence-corrected chi connectivity index (χ4v) is 4.74. The maximum atomic E-state index is 5.78. The molecule has 2 atom stereocenters. The normalized spacial score (nSPS) is 21.5. The van der Waals surface area contributed by atoms with E-state index in [9.17, 15) is 0 Å². The Morgan fingerprint density at radius 1 is 0.692 bits per heavy atom. The van der Waals surface area contributed by atoms with E-state index in [0.717, 1.165) is 23.1 Å². The summed E-state index contributed by atoms with van der Waals surface area (Å²) in [4.78, 5) is 0. The molecule has 0 aromatic heterocycles. The molecule has 0 amide bonds. The zero-order valence-electron chi connectivity index (χ0n) is 15.5. The molecular weight excluding hydrogens is 318 g/mol. The smallest absolute Gasteiger partial charge is 0.179 e. The number of rotatable bonds is 4. The van der Waals surface area contributed by atoms with Crippen LogP contribution in [0.15, 0.2) is 84.9 Å². The molecule has 3 aromatic carbocycles. The number of para-hydroxylation sites is 2. The van der Waals surface area contributed by atoms with Crippen LogP contribution in [0.4, 0.5) is 5.69 Å². The standard InChI is InChI=1S/C24H26NO/c1-25(23-15-9-10-16-24(23)26-2)21(19-11-5-3-6-12-19)17-18-22(25)20-13-7-4-8-14-20/h3-16,21-22H,17-18H2,1-2H3/q+1/t21-,22-/m0/s1. The lowest BCUT2D eigenvalue weighted by Crippen LogP contribution is -2.46. The highest BCUT2D eigenvalue weighted by Gasteiger charge is 2.50. The van der Waals surface area contributed by atoms with Gasteiger partial charge in [0.25, 0.3) is 0 Å². The van der Waals surface area contributed by atoms with Crippen LogP contribution in [0.25, 0.3) is 0 Å². The Kier molecular flexibility index (Phi) is 4.52. The molecule has 0 saturated carbocycles. The molecule has 1 fully saturated rings. The molecule has 0 spiro atoms. The summed E-state index contributed by atoms with van der Waals surface area (Å²) in [6, 6.07) is 31.2. The van der Waals surface area contributed by atoms with Gasteiger partial charge in [-0.15, -0.1) is 0 Å². The van der Waals surface area contributed by atoms with E-state index in [1.54, 1.807) is 7.11 Å². The van der Waals surface area contributed by atoms with Gasteiger partial charge in [-0.2, -0.15) is 0 Å². The van der Waals surface area contributed by atoms with Gasteiger partial charge in [-0.25, -0.2) is 0 Å². The van der Waals surface area contributed by atoms with Crippen molar-refractivity contribution in [2.45, 2.75) is 24.9 Å². The average molecular weight is 344 g/mol. The summed E-state index contributed by atoms with van der Waals surface area (Å²) in [5.41, 5.74) is 4.06. The largest absolute Gasteiger partial charge is 0.491 e. The Balaban J connectivity index is 1.89. The molecule has 0 radical (unpaired) electrons. The first kappa shape index (κ1) is 16.9. The lowest BCUT2D eigenvalue weighted by molar-refractivity contribution is 0.236. The lowest BCUT2D eigenvalue weighted by atomic mass is 10.0. The Morgan fingerprint density at radius 2 is 1.15 bits per heavy atom. The maximum Gasteiger partial charge on any atom is 0.179 e. The first-order valence-corrected chi connectivity index (χ1v) is 9.34. The van der Waals surface area contributed by atoms with E-state index >= 15 is 0 Å². The first-order chi connectivity index (χ1) is 12.7. The van der Waals surface area contributed by atoms with Crippen molar-refractivity contribution in [3.05, 3.63) is 96.1 Å². The molecule has 2 nitrogen and oxygen atoms in total. The van der Waals surface area contributed by atoms with Crippen LogP contribution in [-0.2, 0) is 0 Å². The van der Waals surface area contributed by atoms with E-state index in [-0.39, 0.29) is 0 Å². The molecule has 0 aliphatic carbocycles. The minimum atomic E-state index is 0.415. The molecule has 0 bridgehead atoms. The molecule has 1 aliphatic heterocycles. The van der Waals surface area contributed by atoms with Crippen molar-refractivity contribution in [3.8, 4) is 5.75 Å². The predicted octanol–water partition coefficient (Wildman–Crippen LogP) is 5.91. The molecule has 0 unspecified atom stereocenters. The minimum Gasteiger partial charge on any atom is -0.491 e. The average Bonchev–Trinajstić information content (AvgIpc) is 3.07. The summed E-state index contributed by atoms with van der Waals surface area (Å²) >= 11 is 0. The molecule has 2 heteroatoms. The monoisotopic (exact) mass is 344 g/mol. The SMILES string of the molecule is COc1ccccc1[N+]1(C)[C@H](c2ccccc2)CC[C@H]1c1ccccc1. The van der Waals surface area contributed by atoms with Crippen LogP contribution >= 0.6 is 0 Å². The second kappa shape index (κ2) is 6.97.